The van der Waals surface area contributed by atoms with E-state index < -0.39 is 9.84 Å². The first-order valence-corrected chi connectivity index (χ1v) is 10.2. The van der Waals surface area contributed by atoms with E-state index in [4.69, 9.17) is 4.74 Å². The maximum Gasteiger partial charge on any atom is 0.152 e. The first-order chi connectivity index (χ1) is 10.1. The first kappa shape index (κ1) is 15.7. The van der Waals surface area contributed by atoms with E-state index in [2.05, 4.69) is 9.80 Å². The highest BCUT2D eigenvalue weighted by molar-refractivity contribution is 7.91. The van der Waals surface area contributed by atoms with Crippen LogP contribution in [0.5, 0.6) is 0 Å². The lowest BCUT2D eigenvalue weighted by molar-refractivity contribution is -0.0136. The van der Waals surface area contributed by atoms with Gasteiger partial charge in [-0.25, -0.2) is 8.42 Å². The van der Waals surface area contributed by atoms with E-state index >= 15 is 0 Å². The molecule has 6 heteroatoms. The van der Waals surface area contributed by atoms with Crippen LogP contribution in [0.3, 0.4) is 0 Å². The maximum atomic E-state index is 11.5. The molecule has 0 aromatic heterocycles. The summed E-state index contributed by atoms with van der Waals surface area (Å²) in [7, 11) is -2.75. The van der Waals surface area contributed by atoms with Gasteiger partial charge in [-0.3, -0.25) is 4.90 Å². The molecule has 0 N–H and O–H groups in total. The fourth-order valence-corrected chi connectivity index (χ4v) is 5.03. The lowest BCUT2D eigenvalue weighted by atomic mass is 10.0. The lowest BCUT2D eigenvalue weighted by Gasteiger charge is -2.41. The van der Waals surface area contributed by atoms with E-state index in [1.807, 2.05) is 0 Å². The molecule has 3 aliphatic heterocycles. The second-order valence-corrected chi connectivity index (χ2v) is 9.01. The standard InChI is InChI=1S/C15H28N2O3S/c18-21(19)11-8-17(9-12-21)14-4-6-16(7-5-14)13-15-3-1-2-10-20-15/h14-15H,1-13H2. The average molecular weight is 316 g/mol. The second-order valence-electron chi connectivity index (χ2n) is 6.71. The minimum absolute atomic E-state index is 0.350. The van der Waals surface area contributed by atoms with Crippen LogP contribution in [0.4, 0.5) is 0 Å². The Morgan fingerprint density at radius 2 is 1.67 bits per heavy atom. The van der Waals surface area contributed by atoms with Gasteiger partial charge >= 0.3 is 0 Å². The van der Waals surface area contributed by atoms with E-state index in [1.54, 1.807) is 0 Å². The third-order valence-electron chi connectivity index (χ3n) is 5.19. The van der Waals surface area contributed by atoms with Gasteiger partial charge < -0.3 is 9.64 Å². The summed E-state index contributed by atoms with van der Waals surface area (Å²) in [6.07, 6.45) is 6.53. The molecular formula is C15H28N2O3S. The molecule has 0 aromatic rings. The number of nitrogens with zero attached hydrogens (tertiary/aromatic N) is 2. The molecule has 3 aliphatic rings. The van der Waals surface area contributed by atoms with Crippen LogP contribution in [-0.4, -0.2) is 81.2 Å². The Bertz CT molecular complexity index is 412. The summed E-state index contributed by atoms with van der Waals surface area (Å²) < 4.78 is 28.8. The van der Waals surface area contributed by atoms with Crippen LogP contribution in [0.2, 0.25) is 0 Å². The number of sulfone groups is 1. The summed E-state index contributed by atoms with van der Waals surface area (Å²) in [5, 5.41) is 0. The molecule has 3 fully saturated rings. The molecule has 3 rings (SSSR count). The Morgan fingerprint density at radius 3 is 2.29 bits per heavy atom. The summed E-state index contributed by atoms with van der Waals surface area (Å²) in [5.74, 6) is 0.701. The molecule has 3 heterocycles. The number of piperidine rings is 1. The molecule has 21 heavy (non-hydrogen) atoms. The molecule has 1 atom stereocenters. The van der Waals surface area contributed by atoms with Gasteiger partial charge in [-0.2, -0.15) is 0 Å². The second kappa shape index (κ2) is 6.94. The normalized spacial score (nSPS) is 33.0. The Labute approximate surface area is 128 Å². The molecular weight excluding hydrogens is 288 g/mol. The monoisotopic (exact) mass is 316 g/mol. The van der Waals surface area contributed by atoms with Crippen molar-refractivity contribution in [2.75, 3.05) is 50.8 Å². The number of hydrogen-bond acceptors (Lipinski definition) is 5. The van der Waals surface area contributed by atoms with Crippen molar-refractivity contribution in [3.63, 3.8) is 0 Å². The van der Waals surface area contributed by atoms with Gasteiger partial charge in [0.2, 0.25) is 0 Å². The quantitative estimate of drug-likeness (QED) is 0.769. The zero-order valence-corrected chi connectivity index (χ0v) is 13.7. The minimum Gasteiger partial charge on any atom is -0.377 e. The molecule has 0 aliphatic carbocycles. The SMILES string of the molecule is O=S1(=O)CCN(C2CCN(CC3CCCCO3)CC2)CC1. The van der Waals surface area contributed by atoms with Crippen LogP contribution in [0.15, 0.2) is 0 Å². The molecule has 122 valence electrons. The zero-order valence-electron chi connectivity index (χ0n) is 12.9. The molecule has 0 radical (unpaired) electrons. The average Bonchev–Trinajstić information content (AvgIpc) is 2.49. The summed E-state index contributed by atoms with van der Waals surface area (Å²) in [6, 6.07) is 0.587. The van der Waals surface area contributed by atoms with Crippen LogP contribution in [0.25, 0.3) is 0 Å². The highest BCUT2D eigenvalue weighted by Gasteiger charge is 2.30. The van der Waals surface area contributed by atoms with Crippen molar-refractivity contribution in [3.05, 3.63) is 0 Å². The van der Waals surface area contributed by atoms with Gasteiger partial charge in [-0.15, -0.1) is 0 Å². The summed E-state index contributed by atoms with van der Waals surface area (Å²) in [6.45, 7) is 5.75. The molecule has 1 unspecified atom stereocenters. The predicted molar refractivity (Wildman–Crippen MR) is 83.3 cm³/mol. The minimum atomic E-state index is -2.75. The highest BCUT2D eigenvalue weighted by Crippen LogP contribution is 2.21. The summed E-state index contributed by atoms with van der Waals surface area (Å²) in [4.78, 5) is 4.93. The van der Waals surface area contributed by atoms with Gasteiger partial charge in [0.05, 0.1) is 17.6 Å². The number of ether oxygens (including phenoxy) is 1. The fraction of sp³-hybridized carbons (Fsp3) is 1.00. The van der Waals surface area contributed by atoms with Gasteiger partial charge in [0, 0.05) is 32.3 Å². The molecule has 0 spiro atoms. The van der Waals surface area contributed by atoms with Crippen LogP contribution in [0.1, 0.15) is 32.1 Å². The molecule has 0 bridgehead atoms. The molecule has 0 amide bonds. The van der Waals surface area contributed by atoms with E-state index in [-0.39, 0.29) is 0 Å². The summed E-state index contributed by atoms with van der Waals surface area (Å²) in [5.41, 5.74) is 0. The van der Waals surface area contributed by atoms with Crippen LogP contribution in [0, 0.1) is 0 Å². The van der Waals surface area contributed by atoms with Crippen molar-refractivity contribution in [2.24, 2.45) is 0 Å². The van der Waals surface area contributed by atoms with Crippen LogP contribution < -0.4 is 0 Å². The Balaban J connectivity index is 1.40. The van der Waals surface area contributed by atoms with E-state index in [9.17, 15) is 8.42 Å². The Hall–Kier alpha value is -0.170. The summed E-state index contributed by atoms with van der Waals surface area (Å²) >= 11 is 0. The molecule has 5 nitrogen and oxygen atoms in total. The fourth-order valence-electron chi connectivity index (χ4n) is 3.80. The molecule has 0 aromatic carbocycles. The molecule has 0 saturated carbocycles. The Kier molecular flexibility index (Phi) is 5.19. The van der Waals surface area contributed by atoms with Crippen molar-refractivity contribution < 1.29 is 13.2 Å². The van der Waals surface area contributed by atoms with Gasteiger partial charge in [0.15, 0.2) is 9.84 Å². The van der Waals surface area contributed by atoms with Crippen LogP contribution >= 0.6 is 0 Å². The maximum absolute atomic E-state index is 11.5. The van der Waals surface area contributed by atoms with Gasteiger partial charge in [0.25, 0.3) is 0 Å². The molecule has 3 saturated heterocycles. The van der Waals surface area contributed by atoms with Crippen molar-refractivity contribution >= 4 is 9.84 Å². The zero-order chi connectivity index (χ0) is 14.7. The first-order valence-electron chi connectivity index (χ1n) is 8.41. The largest absolute Gasteiger partial charge is 0.377 e. The van der Waals surface area contributed by atoms with Gasteiger partial charge in [-0.05, 0) is 45.2 Å². The topological polar surface area (TPSA) is 49.9 Å². The smallest absolute Gasteiger partial charge is 0.152 e. The van der Waals surface area contributed by atoms with E-state index in [1.165, 1.54) is 32.1 Å². The Morgan fingerprint density at radius 1 is 0.952 bits per heavy atom. The number of hydrogen-bond donors (Lipinski definition) is 0. The third kappa shape index (κ3) is 4.41. The number of likely N-dealkylation sites (tertiary alicyclic amines) is 1. The third-order valence-corrected chi connectivity index (χ3v) is 6.80. The van der Waals surface area contributed by atoms with Crippen molar-refractivity contribution in [1.82, 2.24) is 9.80 Å². The van der Waals surface area contributed by atoms with Gasteiger partial charge in [-0.1, -0.05) is 0 Å². The van der Waals surface area contributed by atoms with Crippen molar-refractivity contribution in [2.45, 2.75) is 44.2 Å². The number of rotatable bonds is 3. The van der Waals surface area contributed by atoms with Gasteiger partial charge in [0.1, 0.15) is 0 Å². The highest BCUT2D eigenvalue weighted by atomic mass is 32.2. The lowest BCUT2D eigenvalue weighted by Crippen LogP contribution is -2.51. The van der Waals surface area contributed by atoms with Crippen molar-refractivity contribution in [1.29, 1.82) is 0 Å². The van der Waals surface area contributed by atoms with Crippen LogP contribution in [-0.2, 0) is 14.6 Å². The van der Waals surface area contributed by atoms with E-state index in [0.29, 0.717) is 23.7 Å². The van der Waals surface area contributed by atoms with Crippen molar-refractivity contribution in [3.8, 4) is 0 Å². The van der Waals surface area contributed by atoms with E-state index in [0.717, 1.165) is 39.3 Å². The predicted octanol–water partition coefficient (Wildman–Crippen LogP) is 0.750.